The molecule has 2 aromatic heterocycles. The number of tetrazole rings is 1. The first-order chi connectivity index (χ1) is 16.3. The van der Waals surface area contributed by atoms with Gasteiger partial charge in [0.1, 0.15) is 17.1 Å². The van der Waals surface area contributed by atoms with Gasteiger partial charge in [0, 0.05) is 18.5 Å². The Bertz CT molecular complexity index is 1270. The predicted molar refractivity (Wildman–Crippen MR) is 127 cm³/mol. The minimum absolute atomic E-state index is 0.241. The first-order valence-corrected chi connectivity index (χ1v) is 11.2. The number of hydrogen-bond donors (Lipinski definition) is 2. The summed E-state index contributed by atoms with van der Waals surface area (Å²) >= 11 is 0. The molecule has 9 heteroatoms. The third kappa shape index (κ3) is 4.60. The van der Waals surface area contributed by atoms with Gasteiger partial charge in [0.15, 0.2) is 5.69 Å². The van der Waals surface area contributed by atoms with Gasteiger partial charge in [0.05, 0.1) is 6.61 Å². The fourth-order valence-electron chi connectivity index (χ4n) is 3.95. The van der Waals surface area contributed by atoms with E-state index in [9.17, 15) is 9.90 Å². The van der Waals surface area contributed by atoms with E-state index in [0.29, 0.717) is 30.3 Å². The maximum Gasteiger partial charge on any atom is 0.357 e. The van der Waals surface area contributed by atoms with E-state index in [4.69, 9.17) is 4.74 Å². The van der Waals surface area contributed by atoms with Crippen molar-refractivity contribution < 1.29 is 14.6 Å². The molecule has 0 unspecified atom stereocenters. The van der Waals surface area contributed by atoms with Crippen LogP contribution in [0.1, 0.15) is 55.3 Å². The average molecular weight is 461 g/mol. The summed E-state index contributed by atoms with van der Waals surface area (Å²) in [5.41, 5.74) is 3.20. The van der Waals surface area contributed by atoms with Gasteiger partial charge in [-0.2, -0.15) is 5.21 Å². The minimum atomic E-state index is -1.28. The van der Waals surface area contributed by atoms with Crippen molar-refractivity contribution in [1.82, 2.24) is 30.2 Å². The molecule has 0 saturated carbocycles. The molecule has 0 aliphatic heterocycles. The van der Waals surface area contributed by atoms with Crippen molar-refractivity contribution in [2.45, 2.75) is 46.3 Å². The Kier molecular flexibility index (Phi) is 6.56. The molecule has 4 aromatic rings. The number of H-pyrrole nitrogens is 1. The molecule has 0 atom stereocenters. The van der Waals surface area contributed by atoms with Crippen molar-refractivity contribution >= 4 is 5.97 Å². The van der Waals surface area contributed by atoms with Gasteiger partial charge >= 0.3 is 5.97 Å². The molecule has 9 nitrogen and oxygen atoms in total. The molecule has 0 aliphatic rings. The molecule has 0 radical (unpaired) electrons. The predicted octanol–water partition coefficient (Wildman–Crippen LogP) is 3.75. The molecule has 0 bridgehead atoms. The van der Waals surface area contributed by atoms with Gasteiger partial charge in [-0.05, 0) is 42.7 Å². The fourth-order valence-corrected chi connectivity index (χ4v) is 3.95. The smallest absolute Gasteiger partial charge is 0.357 e. The van der Waals surface area contributed by atoms with Gasteiger partial charge in [-0.25, -0.2) is 9.78 Å². The number of carbonyl (C=O) groups excluding carboxylic acids is 1. The van der Waals surface area contributed by atoms with Crippen LogP contribution in [0.3, 0.4) is 0 Å². The third-order valence-electron chi connectivity index (χ3n) is 5.53. The first kappa shape index (κ1) is 23.3. The lowest BCUT2D eigenvalue weighted by Crippen LogP contribution is -2.23. The number of imidazole rings is 1. The summed E-state index contributed by atoms with van der Waals surface area (Å²) in [6.45, 7) is 7.64. The van der Waals surface area contributed by atoms with Crippen LogP contribution < -0.4 is 0 Å². The van der Waals surface area contributed by atoms with Crippen molar-refractivity contribution in [3.8, 4) is 22.5 Å². The van der Waals surface area contributed by atoms with E-state index >= 15 is 0 Å². The third-order valence-corrected chi connectivity index (χ3v) is 5.53. The molecular weight excluding hydrogens is 432 g/mol. The number of carbonyl (C=O) groups is 1. The van der Waals surface area contributed by atoms with Crippen LogP contribution in [-0.4, -0.2) is 47.9 Å². The molecule has 2 aromatic carbocycles. The van der Waals surface area contributed by atoms with Crippen LogP contribution in [0, 0.1) is 0 Å². The Morgan fingerprint density at radius 1 is 1.09 bits per heavy atom. The van der Waals surface area contributed by atoms with Crippen LogP contribution in [0.5, 0.6) is 0 Å². The van der Waals surface area contributed by atoms with Crippen LogP contribution in [0.25, 0.3) is 22.5 Å². The Balaban J connectivity index is 1.70. The van der Waals surface area contributed by atoms with E-state index < -0.39 is 11.6 Å². The summed E-state index contributed by atoms with van der Waals surface area (Å²) in [5.74, 6) is 0.757. The van der Waals surface area contributed by atoms with Crippen molar-refractivity contribution in [2.75, 3.05) is 6.61 Å². The van der Waals surface area contributed by atoms with Gasteiger partial charge in [0.25, 0.3) is 0 Å². The van der Waals surface area contributed by atoms with E-state index in [-0.39, 0.29) is 12.3 Å². The highest BCUT2D eigenvalue weighted by molar-refractivity contribution is 5.89. The van der Waals surface area contributed by atoms with Crippen LogP contribution in [0.15, 0.2) is 48.5 Å². The molecule has 0 aliphatic carbocycles. The van der Waals surface area contributed by atoms with Crippen molar-refractivity contribution in [3.63, 3.8) is 0 Å². The molecule has 0 amide bonds. The number of nitrogens with zero attached hydrogens (tertiary/aromatic N) is 5. The topological polar surface area (TPSA) is 119 Å². The van der Waals surface area contributed by atoms with Crippen LogP contribution in [0.2, 0.25) is 0 Å². The van der Waals surface area contributed by atoms with Gasteiger partial charge in [-0.15, -0.1) is 10.2 Å². The van der Waals surface area contributed by atoms with Gasteiger partial charge in [0.2, 0.25) is 5.82 Å². The zero-order chi connectivity index (χ0) is 24.3. The van der Waals surface area contributed by atoms with E-state index in [0.717, 1.165) is 22.3 Å². The molecule has 4 rings (SSSR count). The van der Waals surface area contributed by atoms with Gasteiger partial charge in [-0.1, -0.05) is 55.5 Å². The minimum Gasteiger partial charge on any atom is -0.461 e. The summed E-state index contributed by atoms with van der Waals surface area (Å²) in [5, 5.41) is 25.0. The number of benzene rings is 2. The summed E-state index contributed by atoms with van der Waals surface area (Å²) in [6.07, 6.45) is 0.610. The number of aryl methyl sites for hydroxylation is 1. The maximum absolute atomic E-state index is 12.8. The lowest BCUT2D eigenvalue weighted by molar-refractivity contribution is 0.0469. The van der Waals surface area contributed by atoms with Crippen molar-refractivity contribution in [1.29, 1.82) is 0 Å². The molecule has 176 valence electrons. The second-order valence-electron chi connectivity index (χ2n) is 8.42. The number of esters is 1. The van der Waals surface area contributed by atoms with E-state index in [1.165, 1.54) is 0 Å². The molecular formula is C25H28N6O3. The summed E-state index contributed by atoms with van der Waals surface area (Å²) in [6, 6.07) is 16.0. The SMILES string of the molecule is CCOC(=O)c1c(C(C)(C)O)nc(CC)n1Cc1ccc(-c2ccccc2-c2nn[nH]n2)cc1. The van der Waals surface area contributed by atoms with E-state index in [2.05, 4.69) is 25.6 Å². The molecule has 0 saturated heterocycles. The van der Waals surface area contributed by atoms with Crippen LogP contribution >= 0.6 is 0 Å². The number of aliphatic hydroxyl groups is 1. The van der Waals surface area contributed by atoms with Crippen LogP contribution in [-0.2, 0) is 23.3 Å². The second kappa shape index (κ2) is 9.56. The summed E-state index contributed by atoms with van der Waals surface area (Å²) in [7, 11) is 0. The second-order valence-corrected chi connectivity index (χ2v) is 8.42. The molecule has 0 fully saturated rings. The van der Waals surface area contributed by atoms with Crippen molar-refractivity contribution in [3.05, 3.63) is 71.3 Å². The number of rotatable bonds is 8. The highest BCUT2D eigenvalue weighted by Crippen LogP contribution is 2.30. The number of nitrogens with one attached hydrogen (secondary N) is 1. The Hall–Kier alpha value is -3.85. The zero-order valence-corrected chi connectivity index (χ0v) is 19.7. The maximum atomic E-state index is 12.8. The Morgan fingerprint density at radius 2 is 1.79 bits per heavy atom. The van der Waals surface area contributed by atoms with Gasteiger partial charge in [-0.3, -0.25) is 0 Å². The fraction of sp³-hybridized carbons (Fsp3) is 0.320. The van der Waals surface area contributed by atoms with Gasteiger partial charge < -0.3 is 14.4 Å². The number of aromatic amines is 1. The monoisotopic (exact) mass is 460 g/mol. The van der Waals surface area contributed by atoms with Crippen LogP contribution in [0.4, 0.5) is 0 Å². The Morgan fingerprint density at radius 3 is 2.38 bits per heavy atom. The largest absolute Gasteiger partial charge is 0.461 e. The Labute approximate surface area is 197 Å². The lowest BCUT2D eigenvalue weighted by Gasteiger charge is -2.17. The van der Waals surface area contributed by atoms with Crippen molar-refractivity contribution in [2.24, 2.45) is 0 Å². The molecule has 0 spiro atoms. The first-order valence-electron chi connectivity index (χ1n) is 11.2. The van der Waals surface area contributed by atoms with E-state index in [1.54, 1.807) is 20.8 Å². The summed E-state index contributed by atoms with van der Waals surface area (Å²) < 4.78 is 7.14. The summed E-state index contributed by atoms with van der Waals surface area (Å²) in [4.78, 5) is 17.4. The molecule has 2 N–H and O–H groups in total. The van der Waals surface area contributed by atoms with E-state index in [1.807, 2.05) is 60.0 Å². The normalized spacial score (nSPS) is 11.6. The standard InChI is InChI=1S/C25H28N6O3/c1-5-20-26-22(25(3,4)33)21(24(32)34-6-2)31(20)15-16-11-13-17(14-12-16)18-9-7-8-10-19(18)23-27-29-30-28-23/h7-14,33H,5-6,15H2,1-4H3,(H,27,28,29,30). The zero-order valence-electron chi connectivity index (χ0n) is 19.7. The number of hydrogen-bond acceptors (Lipinski definition) is 7. The average Bonchev–Trinajstić information content (AvgIpc) is 3.48. The number of aromatic nitrogens is 6. The lowest BCUT2D eigenvalue weighted by atomic mass is 9.98. The highest BCUT2D eigenvalue weighted by Gasteiger charge is 2.32. The number of ether oxygens (including phenoxy) is 1. The molecule has 34 heavy (non-hydrogen) atoms. The highest BCUT2D eigenvalue weighted by atomic mass is 16.5. The quantitative estimate of drug-likeness (QED) is 0.384. The molecule has 2 heterocycles.